The molecule has 2 aromatic heterocycles. The normalized spacial score (nSPS) is 21.5. The number of hydrogen-bond donors (Lipinski definition) is 1. The lowest BCUT2D eigenvalue weighted by molar-refractivity contribution is -0.168. The number of pyridine rings is 1. The molecule has 1 unspecified atom stereocenters. The summed E-state index contributed by atoms with van der Waals surface area (Å²) in [5, 5.41) is 11.4. The number of carbonyl (C=O) groups is 3. The summed E-state index contributed by atoms with van der Waals surface area (Å²) in [4.78, 5) is 46.7. The minimum Gasteiger partial charge on any atom is -0.479 e. The molecule has 1 saturated heterocycles. The van der Waals surface area contributed by atoms with Crippen LogP contribution in [-0.2, 0) is 28.6 Å². The highest BCUT2D eigenvalue weighted by Gasteiger charge is 2.57. The Morgan fingerprint density at radius 1 is 1.08 bits per heavy atom. The van der Waals surface area contributed by atoms with E-state index >= 15 is 0 Å². The molecule has 3 atom stereocenters. The van der Waals surface area contributed by atoms with Crippen molar-refractivity contribution in [3.63, 3.8) is 0 Å². The van der Waals surface area contributed by atoms with Crippen LogP contribution in [-0.4, -0.2) is 68.6 Å². The Kier molecular flexibility index (Phi) is 9.77. The fourth-order valence-corrected chi connectivity index (χ4v) is 7.26. The predicted molar refractivity (Wildman–Crippen MR) is 158 cm³/mol. The van der Waals surface area contributed by atoms with Gasteiger partial charge in [0.05, 0.1) is 12.5 Å². The van der Waals surface area contributed by atoms with E-state index in [2.05, 4.69) is 4.98 Å². The Balaban J connectivity index is 1.63. The molecule has 2 amide bonds. The Hall–Kier alpha value is -4.21. The third-order valence-corrected chi connectivity index (χ3v) is 9.47. The lowest BCUT2D eigenvalue weighted by Gasteiger charge is -2.51. The van der Waals surface area contributed by atoms with Gasteiger partial charge in [0.15, 0.2) is 6.04 Å². The standard InChI is InChI=1S/C32H30F7N3O5S/c1-2-5-23-30(47-21-15-24(48-17-21)32(37,38)39,29(46)42-13-9-18-14-20(33)7-8-22(18)26(42)28(44)45)10-4-12-41(23)27(43)25-19(6-3-11-40-25)16-31(34,35)36/h3,6-8,11,14-15,17,23,26H,2,4-5,9-10,12-13,16H2,1H3,(H,44,45)/t23-,26?,30+/m1/s1. The molecule has 0 radical (unpaired) electrons. The third-order valence-electron chi connectivity index (χ3n) is 8.51. The zero-order chi connectivity index (χ0) is 35.0. The number of amides is 2. The van der Waals surface area contributed by atoms with Gasteiger partial charge in [0.1, 0.15) is 22.1 Å². The molecule has 48 heavy (non-hydrogen) atoms. The highest BCUT2D eigenvalue weighted by atomic mass is 32.1. The lowest BCUT2D eigenvalue weighted by atomic mass is 9.78. The smallest absolute Gasteiger partial charge is 0.425 e. The number of carboxylic acids is 1. The minimum atomic E-state index is -4.74. The Morgan fingerprint density at radius 3 is 2.48 bits per heavy atom. The first-order valence-corrected chi connectivity index (χ1v) is 15.9. The number of alkyl halides is 6. The van der Waals surface area contributed by atoms with Crippen LogP contribution in [0.15, 0.2) is 48.0 Å². The second-order valence-corrected chi connectivity index (χ2v) is 12.6. The molecule has 1 fully saturated rings. The molecule has 2 aliphatic rings. The number of benzene rings is 1. The monoisotopic (exact) mass is 701 g/mol. The van der Waals surface area contributed by atoms with Gasteiger partial charge in [0.25, 0.3) is 11.8 Å². The number of aromatic nitrogens is 1. The zero-order valence-corrected chi connectivity index (χ0v) is 26.2. The van der Waals surface area contributed by atoms with Crippen LogP contribution < -0.4 is 4.74 Å². The molecule has 0 saturated carbocycles. The number of carbonyl (C=O) groups excluding carboxylic acids is 2. The molecule has 2 aliphatic heterocycles. The van der Waals surface area contributed by atoms with Crippen molar-refractivity contribution in [2.24, 2.45) is 0 Å². The molecule has 8 nitrogen and oxygen atoms in total. The van der Waals surface area contributed by atoms with Crippen LogP contribution in [0.5, 0.6) is 5.75 Å². The number of rotatable bonds is 8. The van der Waals surface area contributed by atoms with E-state index in [0.29, 0.717) is 29.4 Å². The fraction of sp³-hybridized carbons (Fsp3) is 0.438. The number of halogens is 7. The van der Waals surface area contributed by atoms with E-state index in [0.717, 1.165) is 39.6 Å². The third kappa shape index (κ3) is 6.98. The van der Waals surface area contributed by atoms with Crippen molar-refractivity contribution >= 4 is 29.1 Å². The van der Waals surface area contributed by atoms with Gasteiger partial charge in [0.2, 0.25) is 5.60 Å². The fourth-order valence-electron chi connectivity index (χ4n) is 6.58. The van der Waals surface area contributed by atoms with Crippen LogP contribution in [0.4, 0.5) is 30.7 Å². The molecule has 3 aromatic rings. The van der Waals surface area contributed by atoms with Gasteiger partial charge in [-0.15, -0.1) is 11.3 Å². The van der Waals surface area contributed by atoms with Crippen molar-refractivity contribution in [1.29, 1.82) is 0 Å². The van der Waals surface area contributed by atoms with Crippen molar-refractivity contribution in [2.45, 2.75) is 75.5 Å². The highest BCUT2D eigenvalue weighted by Crippen LogP contribution is 2.44. The van der Waals surface area contributed by atoms with E-state index < -0.39 is 76.2 Å². The molecule has 1 aromatic carbocycles. The van der Waals surface area contributed by atoms with Gasteiger partial charge in [-0.1, -0.05) is 25.5 Å². The highest BCUT2D eigenvalue weighted by molar-refractivity contribution is 7.10. The Morgan fingerprint density at radius 2 is 1.83 bits per heavy atom. The maximum Gasteiger partial charge on any atom is 0.425 e. The number of nitrogens with zero attached hydrogens (tertiary/aromatic N) is 3. The Labute approximate surface area is 274 Å². The van der Waals surface area contributed by atoms with Gasteiger partial charge in [0, 0.05) is 37.2 Å². The van der Waals surface area contributed by atoms with Gasteiger partial charge >= 0.3 is 18.3 Å². The summed E-state index contributed by atoms with van der Waals surface area (Å²) in [6.45, 7) is 1.43. The number of carboxylic acid groups (broad SMARTS) is 1. The van der Waals surface area contributed by atoms with Gasteiger partial charge in [-0.05, 0) is 54.2 Å². The van der Waals surface area contributed by atoms with Crippen molar-refractivity contribution in [3.05, 3.63) is 81.1 Å². The molecule has 258 valence electrons. The summed E-state index contributed by atoms with van der Waals surface area (Å²) >= 11 is 0.313. The summed E-state index contributed by atoms with van der Waals surface area (Å²) in [5.41, 5.74) is -2.59. The van der Waals surface area contributed by atoms with Crippen LogP contribution in [0.3, 0.4) is 0 Å². The van der Waals surface area contributed by atoms with Crippen molar-refractivity contribution in [3.8, 4) is 5.75 Å². The topological polar surface area (TPSA) is 100 Å². The van der Waals surface area contributed by atoms with E-state index in [1.807, 2.05) is 0 Å². The van der Waals surface area contributed by atoms with E-state index in [1.54, 1.807) is 6.92 Å². The van der Waals surface area contributed by atoms with E-state index in [1.165, 1.54) is 12.1 Å². The second kappa shape index (κ2) is 13.4. The van der Waals surface area contributed by atoms with Gasteiger partial charge in [-0.3, -0.25) is 14.6 Å². The first-order chi connectivity index (χ1) is 22.6. The van der Waals surface area contributed by atoms with Crippen LogP contribution in [0, 0.1) is 5.82 Å². The summed E-state index contributed by atoms with van der Waals surface area (Å²) in [7, 11) is 0. The number of piperidine rings is 1. The van der Waals surface area contributed by atoms with E-state index in [4.69, 9.17) is 4.74 Å². The molecule has 0 aliphatic carbocycles. The van der Waals surface area contributed by atoms with Crippen molar-refractivity contribution < 1.29 is 55.0 Å². The maximum atomic E-state index is 14.9. The molecule has 1 N–H and O–H groups in total. The summed E-state index contributed by atoms with van der Waals surface area (Å²) in [6.07, 6.45) is -9.50. The maximum absolute atomic E-state index is 14.9. The molecule has 0 bridgehead atoms. The number of hydrogen-bond acceptors (Lipinski definition) is 6. The Bertz CT molecular complexity index is 1690. The van der Waals surface area contributed by atoms with Gasteiger partial charge in [-0.25, -0.2) is 9.18 Å². The molecular weight excluding hydrogens is 671 g/mol. The molecule has 16 heteroatoms. The minimum absolute atomic E-state index is 0.0164. The number of fused-ring (bicyclic) bond motifs is 1. The zero-order valence-electron chi connectivity index (χ0n) is 25.4. The first kappa shape index (κ1) is 35.1. The number of likely N-dealkylation sites (tertiary alicyclic amines) is 1. The van der Waals surface area contributed by atoms with Crippen LogP contribution in [0.25, 0.3) is 0 Å². The van der Waals surface area contributed by atoms with Gasteiger partial charge < -0.3 is 19.6 Å². The average Bonchev–Trinajstić information content (AvgIpc) is 3.49. The summed E-state index contributed by atoms with van der Waals surface area (Å²) in [6, 6.07) is 3.63. The second-order valence-electron chi connectivity index (χ2n) is 11.7. The SMILES string of the molecule is CCC[C@H]1N(C(=O)c2ncccc2CC(F)(F)F)CCC[C@@]1(Oc1csc(C(F)(F)F)c1)C(=O)N1CCc2cc(F)ccc2C1C(=O)O. The van der Waals surface area contributed by atoms with Crippen LogP contribution in [0.1, 0.15) is 70.7 Å². The van der Waals surface area contributed by atoms with Gasteiger partial charge in [-0.2, -0.15) is 26.3 Å². The van der Waals surface area contributed by atoms with E-state index in [-0.39, 0.29) is 50.1 Å². The summed E-state index contributed by atoms with van der Waals surface area (Å²) < 4.78 is 101. The average molecular weight is 702 g/mol. The molecule has 5 rings (SSSR count). The quantitative estimate of drug-likeness (QED) is 0.259. The molecule has 0 spiro atoms. The van der Waals surface area contributed by atoms with Crippen molar-refractivity contribution in [2.75, 3.05) is 13.1 Å². The number of ether oxygens (including phenoxy) is 1. The van der Waals surface area contributed by atoms with Crippen molar-refractivity contribution in [1.82, 2.24) is 14.8 Å². The number of thiophene rings is 1. The number of aliphatic carboxylic acids is 1. The van der Waals surface area contributed by atoms with Crippen LogP contribution in [0.2, 0.25) is 0 Å². The van der Waals surface area contributed by atoms with Crippen LogP contribution >= 0.6 is 11.3 Å². The van der Waals surface area contributed by atoms with E-state index in [9.17, 15) is 50.2 Å². The molecular formula is C32H30F7N3O5S. The molecule has 4 heterocycles. The first-order valence-electron chi connectivity index (χ1n) is 15.0. The summed E-state index contributed by atoms with van der Waals surface area (Å²) in [5.74, 6) is -4.29. The largest absolute Gasteiger partial charge is 0.479 e. The lowest BCUT2D eigenvalue weighted by Crippen LogP contribution is -2.69. The predicted octanol–water partition coefficient (Wildman–Crippen LogP) is 6.84.